The van der Waals surface area contributed by atoms with Gasteiger partial charge in [0.15, 0.2) is 11.0 Å². The summed E-state index contributed by atoms with van der Waals surface area (Å²) >= 11 is 1.19. The van der Waals surface area contributed by atoms with Gasteiger partial charge in [0.2, 0.25) is 11.8 Å². The summed E-state index contributed by atoms with van der Waals surface area (Å²) in [7, 11) is 0. The number of nitrogens with zero attached hydrogens (tertiary/aromatic N) is 3. The Morgan fingerprint density at radius 1 is 0.818 bits per heavy atom. The molecular formula is C25H21FN4O2S. The molecule has 0 radical (unpaired) electrons. The number of carbonyl (C=O) groups is 2. The highest BCUT2D eigenvalue weighted by Gasteiger charge is 2.17. The number of rotatable bonds is 8. The van der Waals surface area contributed by atoms with Gasteiger partial charge >= 0.3 is 0 Å². The van der Waals surface area contributed by atoms with Gasteiger partial charge in [0.1, 0.15) is 5.82 Å². The van der Waals surface area contributed by atoms with E-state index in [4.69, 9.17) is 0 Å². The molecular weight excluding hydrogens is 439 g/mol. The van der Waals surface area contributed by atoms with Crippen LogP contribution in [0.15, 0.2) is 90.1 Å². The Morgan fingerprint density at radius 3 is 2.12 bits per heavy atom. The van der Waals surface area contributed by atoms with E-state index in [0.29, 0.717) is 23.1 Å². The van der Waals surface area contributed by atoms with Crippen LogP contribution < -0.4 is 5.32 Å². The molecule has 0 saturated carbocycles. The Labute approximate surface area is 194 Å². The number of halogens is 1. The lowest BCUT2D eigenvalue weighted by molar-refractivity contribution is -0.128. The van der Waals surface area contributed by atoms with E-state index in [0.717, 1.165) is 11.1 Å². The first kappa shape index (κ1) is 22.4. The minimum Gasteiger partial charge on any atom is -0.298 e. The van der Waals surface area contributed by atoms with Gasteiger partial charge in [0, 0.05) is 5.56 Å². The number of nitrogens with one attached hydrogen (secondary N) is 1. The number of carbonyl (C=O) groups excluding carboxylic acids is 2. The molecule has 6 nitrogen and oxygen atoms in total. The molecule has 1 N–H and O–H groups in total. The lowest BCUT2D eigenvalue weighted by Crippen LogP contribution is -2.33. The first-order valence-electron chi connectivity index (χ1n) is 10.3. The first-order chi connectivity index (χ1) is 16.1. The normalized spacial score (nSPS) is 10.7. The maximum Gasteiger partial charge on any atom is 0.237 e. The zero-order valence-corrected chi connectivity index (χ0v) is 18.5. The molecule has 0 aliphatic carbocycles. The van der Waals surface area contributed by atoms with Crippen molar-refractivity contribution in [1.29, 1.82) is 0 Å². The van der Waals surface area contributed by atoms with Crippen LogP contribution in [-0.4, -0.2) is 32.3 Å². The average molecular weight is 461 g/mol. The largest absolute Gasteiger partial charge is 0.298 e. The lowest BCUT2D eigenvalue weighted by Gasteiger charge is -2.11. The average Bonchev–Trinajstić information content (AvgIpc) is 3.21. The van der Waals surface area contributed by atoms with E-state index in [1.807, 2.05) is 65.2 Å². The molecule has 0 fully saturated rings. The van der Waals surface area contributed by atoms with E-state index in [2.05, 4.69) is 15.5 Å². The van der Waals surface area contributed by atoms with E-state index in [1.54, 1.807) is 12.1 Å². The van der Waals surface area contributed by atoms with Crippen LogP contribution in [0.1, 0.15) is 11.1 Å². The summed E-state index contributed by atoms with van der Waals surface area (Å²) in [5.41, 5.74) is 2.58. The Hall–Kier alpha value is -3.78. The quantitative estimate of drug-likeness (QED) is 0.401. The highest BCUT2D eigenvalue weighted by atomic mass is 32.2. The highest BCUT2D eigenvalue weighted by molar-refractivity contribution is 7.99. The molecule has 8 heteroatoms. The fourth-order valence-electron chi connectivity index (χ4n) is 3.26. The summed E-state index contributed by atoms with van der Waals surface area (Å²) in [6.45, 7) is 0.484. The van der Waals surface area contributed by atoms with Crippen molar-refractivity contribution in [2.45, 2.75) is 18.1 Å². The van der Waals surface area contributed by atoms with Gasteiger partial charge in [0.05, 0.1) is 18.7 Å². The molecule has 0 saturated heterocycles. The summed E-state index contributed by atoms with van der Waals surface area (Å²) in [6.07, 6.45) is 0.135. The Kier molecular flexibility index (Phi) is 7.26. The zero-order valence-electron chi connectivity index (χ0n) is 17.6. The minimum absolute atomic E-state index is 0.0108. The molecule has 0 bridgehead atoms. The van der Waals surface area contributed by atoms with Gasteiger partial charge in [-0.3, -0.25) is 19.5 Å². The van der Waals surface area contributed by atoms with Gasteiger partial charge in [-0.15, -0.1) is 10.2 Å². The molecule has 166 valence electrons. The van der Waals surface area contributed by atoms with Crippen LogP contribution in [0, 0.1) is 5.82 Å². The standard InChI is InChI=1S/C25H21FN4O2S/c26-21-13-11-20(12-14-21)24-28-29-25(30(24)16-19-9-5-2-6-10-19)33-17-23(32)27-22(31)15-18-7-3-1-4-8-18/h1-14H,15-17H2,(H,27,31,32). The summed E-state index contributed by atoms with van der Waals surface area (Å²) < 4.78 is 15.3. The molecule has 3 aromatic carbocycles. The second-order valence-electron chi connectivity index (χ2n) is 7.31. The van der Waals surface area contributed by atoms with Crippen LogP contribution in [0.4, 0.5) is 4.39 Å². The number of hydrogen-bond acceptors (Lipinski definition) is 5. The third kappa shape index (κ3) is 6.14. The van der Waals surface area contributed by atoms with E-state index < -0.39 is 5.91 Å². The Bertz CT molecular complexity index is 1230. The van der Waals surface area contributed by atoms with Crippen molar-refractivity contribution in [3.8, 4) is 11.4 Å². The predicted molar refractivity (Wildman–Crippen MR) is 125 cm³/mol. The topological polar surface area (TPSA) is 76.9 Å². The molecule has 1 heterocycles. The summed E-state index contributed by atoms with van der Waals surface area (Å²) in [4.78, 5) is 24.5. The van der Waals surface area contributed by atoms with Crippen LogP contribution in [0.25, 0.3) is 11.4 Å². The molecule has 0 spiro atoms. The summed E-state index contributed by atoms with van der Waals surface area (Å²) in [6, 6.07) is 25.0. The van der Waals surface area contributed by atoms with Gasteiger partial charge < -0.3 is 0 Å². The number of imide groups is 1. The van der Waals surface area contributed by atoms with E-state index in [-0.39, 0.29) is 23.9 Å². The third-order valence-electron chi connectivity index (χ3n) is 4.82. The van der Waals surface area contributed by atoms with Gasteiger partial charge in [-0.1, -0.05) is 72.4 Å². The Morgan fingerprint density at radius 2 is 1.45 bits per heavy atom. The van der Waals surface area contributed by atoms with Crippen molar-refractivity contribution in [3.63, 3.8) is 0 Å². The van der Waals surface area contributed by atoms with Crippen LogP contribution >= 0.6 is 11.8 Å². The number of hydrogen-bond donors (Lipinski definition) is 1. The number of amides is 2. The monoisotopic (exact) mass is 460 g/mol. The maximum atomic E-state index is 13.4. The molecule has 1 aromatic heterocycles. The second kappa shape index (κ2) is 10.7. The summed E-state index contributed by atoms with van der Waals surface area (Å²) in [5.74, 6) is -0.513. The fourth-order valence-corrected chi connectivity index (χ4v) is 4.00. The SMILES string of the molecule is O=C(CSc1nnc(-c2ccc(F)cc2)n1Cc1ccccc1)NC(=O)Cc1ccccc1. The molecule has 0 unspecified atom stereocenters. The molecule has 0 atom stereocenters. The fraction of sp³-hybridized carbons (Fsp3) is 0.120. The van der Waals surface area contributed by atoms with E-state index in [9.17, 15) is 14.0 Å². The van der Waals surface area contributed by atoms with Gasteiger partial charge in [0.25, 0.3) is 0 Å². The zero-order chi connectivity index (χ0) is 23.0. The predicted octanol–water partition coefficient (Wildman–Crippen LogP) is 4.11. The van der Waals surface area contributed by atoms with Gasteiger partial charge in [-0.05, 0) is 35.4 Å². The van der Waals surface area contributed by atoms with Crippen LogP contribution in [-0.2, 0) is 22.6 Å². The van der Waals surface area contributed by atoms with E-state index >= 15 is 0 Å². The smallest absolute Gasteiger partial charge is 0.237 e. The van der Waals surface area contributed by atoms with Crippen molar-refractivity contribution in [1.82, 2.24) is 20.1 Å². The van der Waals surface area contributed by atoms with Crippen LogP contribution in [0.3, 0.4) is 0 Å². The molecule has 0 aliphatic rings. The van der Waals surface area contributed by atoms with Crippen molar-refractivity contribution in [2.24, 2.45) is 0 Å². The second-order valence-corrected chi connectivity index (χ2v) is 8.25. The van der Waals surface area contributed by atoms with Crippen molar-refractivity contribution >= 4 is 23.6 Å². The molecule has 4 aromatic rings. The van der Waals surface area contributed by atoms with Crippen LogP contribution in [0.5, 0.6) is 0 Å². The van der Waals surface area contributed by atoms with Crippen LogP contribution in [0.2, 0.25) is 0 Å². The molecule has 0 aliphatic heterocycles. The summed E-state index contributed by atoms with van der Waals surface area (Å²) in [5, 5.41) is 11.5. The number of benzene rings is 3. The first-order valence-corrected chi connectivity index (χ1v) is 11.3. The van der Waals surface area contributed by atoms with Gasteiger partial charge in [-0.2, -0.15) is 0 Å². The number of thioether (sulfide) groups is 1. The molecule has 33 heavy (non-hydrogen) atoms. The highest BCUT2D eigenvalue weighted by Crippen LogP contribution is 2.25. The van der Waals surface area contributed by atoms with Crippen molar-refractivity contribution in [3.05, 3.63) is 102 Å². The Balaban J connectivity index is 1.46. The maximum absolute atomic E-state index is 13.4. The van der Waals surface area contributed by atoms with Crippen molar-refractivity contribution in [2.75, 3.05) is 5.75 Å². The lowest BCUT2D eigenvalue weighted by atomic mass is 10.1. The third-order valence-corrected chi connectivity index (χ3v) is 5.79. The number of aromatic nitrogens is 3. The molecule has 4 rings (SSSR count). The van der Waals surface area contributed by atoms with Gasteiger partial charge in [-0.25, -0.2) is 4.39 Å². The van der Waals surface area contributed by atoms with Crippen molar-refractivity contribution < 1.29 is 14.0 Å². The molecule has 2 amide bonds. The van der Waals surface area contributed by atoms with E-state index in [1.165, 1.54) is 23.9 Å². The minimum atomic E-state index is -0.404.